The second-order valence-electron chi connectivity index (χ2n) is 8.07. The second kappa shape index (κ2) is 12.8. The topological polar surface area (TPSA) is 66.5 Å². The maximum atomic E-state index is 12.5. The molecule has 2 aromatic carbocycles. The SMILES string of the molecule is COCCN1CCC(NC(=O)Nc2cc(C)cnc2-c2ccccc2)C1.Fc1ccccc1F. The van der Waals surface area contributed by atoms with E-state index in [-0.39, 0.29) is 12.1 Å². The molecule has 1 aromatic heterocycles. The number of urea groups is 1. The predicted molar refractivity (Wildman–Crippen MR) is 130 cm³/mol. The first kappa shape index (κ1) is 25.3. The van der Waals surface area contributed by atoms with Crippen LogP contribution in [0, 0.1) is 18.6 Å². The van der Waals surface area contributed by atoms with E-state index >= 15 is 0 Å². The highest BCUT2D eigenvalue weighted by molar-refractivity contribution is 5.93. The van der Waals surface area contributed by atoms with Crippen molar-refractivity contribution in [2.24, 2.45) is 0 Å². The lowest BCUT2D eigenvalue weighted by molar-refractivity contribution is 0.160. The number of aryl methyl sites for hydroxylation is 1. The number of rotatable bonds is 6. The van der Waals surface area contributed by atoms with Crippen molar-refractivity contribution in [2.75, 3.05) is 38.7 Å². The number of hydrogen-bond acceptors (Lipinski definition) is 4. The molecule has 0 spiro atoms. The van der Waals surface area contributed by atoms with E-state index in [0.717, 1.165) is 60.7 Å². The van der Waals surface area contributed by atoms with Crippen LogP contribution < -0.4 is 10.6 Å². The summed E-state index contributed by atoms with van der Waals surface area (Å²) in [7, 11) is 1.71. The number of aromatic nitrogens is 1. The minimum Gasteiger partial charge on any atom is -0.383 e. The average Bonchev–Trinajstić information content (AvgIpc) is 3.27. The Bertz CT molecular complexity index is 1040. The number of benzene rings is 2. The number of anilines is 1. The Morgan fingerprint density at radius 1 is 1.12 bits per heavy atom. The van der Waals surface area contributed by atoms with Gasteiger partial charge < -0.3 is 15.4 Å². The van der Waals surface area contributed by atoms with Gasteiger partial charge in [-0.15, -0.1) is 0 Å². The van der Waals surface area contributed by atoms with E-state index in [1.54, 1.807) is 7.11 Å². The van der Waals surface area contributed by atoms with Gasteiger partial charge in [0.25, 0.3) is 0 Å². The maximum absolute atomic E-state index is 12.5. The van der Waals surface area contributed by atoms with Gasteiger partial charge >= 0.3 is 6.03 Å². The Hall–Kier alpha value is -3.36. The van der Waals surface area contributed by atoms with E-state index in [2.05, 4.69) is 20.5 Å². The van der Waals surface area contributed by atoms with E-state index in [1.807, 2.05) is 49.5 Å². The van der Waals surface area contributed by atoms with Crippen molar-refractivity contribution in [3.05, 3.63) is 84.1 Å². The van der Waals surface area contributed by atoms with Gasteiger partial charge in [-0.3, -0.25) is 9.88 Å². The minimum absolute atomic E-state index is 0.157. The lowest BCUT2D eigenvalue weighted by Crippen LogP contribution is -2.40. The van der Waals surface area contributed by atoms with Crippen molar-refractivity contribution in [2.45, 2.75) is 19.4 Å². The summed E-state index contributed by atoms with van der Waals surface area (Å²) in [6.45, 7) is 5.42. The van der Waals surface area contributed by atoms with Gasteiger partial charge in [-0.25, -0.2) is 13.6 Å². The zero-order chi connectivity index (χ0) is 24.3. The summed E-state index contributed by atoms with van der Waals surface area (Å²) in [5.74, 6) is -1.60. The predicted octanol–water partition coefficient (Wildman–Crippen LogP) is 4.86. The highest BCUT2D eigenvalue weighted by atomic mass is 19.2. The molecule has 8 heteroatoms. The first-order chi connectivity index (χ1) is 16.5. The minimum atomic E-state index is -0.799. The van der Waals surface area contributed by atoms with E-state index in [4.69, 9.17) is 4.74 Å². The van der Waals surface area contributed by atoms with Gasteiger partial charge in [0, 0.05) is 44.5 Å². The number of nitrogens with zero attached hydrogens (tertiary/aromatic N) is 2. The quantitative estimate of drug-likeness (QED) is 0.542. The molecule has 180 valence electrons. The van der Waals surface area contributed by atoms with Crippen LogP contribution in [-0.4, -0.2) is 55.3 Å². The van der Waals surface area contributed by atoms with Gasteiger partial charge in [0.05, 0.1) is 18.0 Å². The van der Waals surface area contributed by atoms with Crippen LogP contribution in [0.4, 0.5) is 19.3 Å². The van der Waals surface area contributed by atoms with Crippen molar-refractivity contribution in [3.63, 3.8) is 0 Å². The molecule has 0 saturated carbocycles. The molecule has 2 amide bonds. The molecule has 1 saturated heterocycles. The molecule has 34 heavy (non-hydrogen) atoms. The highest BCUT2D eigenvalue weighted by Crippen LogP contribution is 2.26. The first-order valence-electron chi connectivity index (χ1n) is 11.2. The van der Waals surface area contributed by atoms with Crippen LogP contribution in [-0.2, 0) is 4.74 Å². The van der Waals surface area contributed by atoms with E-state index in [1.165, 1.54) is 12.1 Å². The van der Waals surface area contributed by atoms with Gasteiger partial charge in [0.15, 0.2) is 11.6 Å². The number of methoxy groups -OCH3 is 1. The van der Waals surface area contributed by atoms with Gasteiger partial charge in [-0.2, -0.15) is 0 Å². The Kier molecular flexibility index (Phi) is 9.49. The van der Waals surface area contributed by atoms with Crippen LogP contribution >= 0.6 is 0 Å². The van der Waals surface area contributed by atoms with Gasteiger partial charge in [-0.05, 0) is 37.1 Å². The molecule has 1 fully saturated rings. The van der Waals surface area contributed by atoms with Crippen molar-refractivity contribution in [3.8, 4) is 11.3 Å². The third-order valence-corrected chi connectivity index (χ3v) is 5.36. The smallest absolute Gasteiger partial charge is 0.319 e. The monoisotopic (exact) mass is 468 g/mol. The summed E-state index contributed by atoms with van der Waals surface area (Å²) < 4.78 is 29.0. The molecule has 0 radical (unpaired) electrons. The van der Waals surface area contributed by atoms with Gasteiger partial charge in [0.2, 0.25) is 0 Å². The fourth-order valence-corrected chi connectivity index (χ4v) is 3.65. The molecule has 4 rings (SSSR count). The van der Waals surface area contributed by atoms with Gasteiger partial charge in [-0.1, -0.05) is 42.5 Å². The van der Waals surface area contributed by atoms with E-state index in [0.29, 0.717) is 6.61 Å². The second-order valence-corrected chi connectivity index (χ2v) is 8.07. The maximum Gasteiger partial charge on any atom is 0.319 e. The number of carbonyl (C=O) groups is 1. The number of carbonyl (C=O) groups excluding carboxylic acids is 1. The fourth-order valence-electron chi connectivity index (χ4n) is 3.65. The number of ether oxygens (including phenoxy) is 1. The number of pyridine rings is 1. The van der Waals surface area contributed by atoms with Crippen LogP contribution in [0.2, 0.25) is 0 Å². The summed E-state index contributed by atoms with van der Waals surface area (Å²) in [6.07, 6.45) is 2.77. The Labute approximate surface area is 199 Å². The molecule has 6 nitrogen and oxygen atoms in total. The zero-order valence-corrected chi connectivity index (χ0v) is 19.4. The van der Waals surface area contributed by atoms with E-state index < -0.39 is 11.6 Å². The van der Waals surface area contributed by atoms with Crippen LogP contribution in [0.1, 0.15) is 12.0 Å². The summed E-state index contributed by atoms with van der Waals surface area (Å²) >= 11 is 0. The molecule has 1 aliphatic rings. The Morgan fingerprint density at radius 2 is 1.79 bits per heavy atom. The first-order valence-corrected chi connectivity index (χ1v) is 11.2. The number of halogens is 2. The number of hydrogen-bond donors (Lipinski definition) is 2. The summed E-state index contributed by atoms with van der Waals surface area (Å²) in [5.41, 5.74) is 3.49. The highest BCUT2D eigenvalue weighted by Gasteiger charge is 2.23. The third-order valence-electron chi connectivity index (χ3n) is 5.36. The standard InChI is InChI=1S/C20H26N4O2.C6H4F2/c1-15-12-18(19(21-13-15)16-6-4-3-5-7-16)23-20(25)22-17-8-9-24(14-17)10-11-26-2;7-5-3-1-2-4-6(5)8/h3-7,12-13,17H,8-11,14H2,1-2H3,(H2,22,23,25);1-4H. The van der Waals surface area contributed by atoms with Crippen LogP contribution in [0.25, 0.3) is 11.3 Å². The van der Waals surface area contributed by atoms with Crippen LogP contribution in [0.15, 0.2) is 66.9 Å². The molecule has 0 bridgehead atoms. The number of nitrogens with one attached hydrogen (secondary N) is 2. The van der Waals surface area contributed by atoms with Crippen LogP contribution in [0.3, 0.4) is 0 Å². The summed E-state index contributed by atoms with van der Waals surface area (Å²) in [5, 5.41) is 6.05. The van der Waals surface area contributed by atoms with Crippen LogP contribution in [0.5, 0.6) is 0 Å². The van der Waals surface area contributed by atoms with Crippen molar-refractivity contribution < 1.29 is 18.3 Å². The molecule has 0 aliphatic carbocycles. The molecule has 2 heterocycles. The molecular weight excluding hydrogens is 438 g/mol. The number of likely N-dealkylation sites (tertiary alicyclic amines) is 1. The zero-order valence-electron chi connectivity index (χ0n) is 19.4. The fraction of sp³-hybridized carbons (Fsp3) is 0.308. The lowest BCUT2D eigenvalue weighted by atomic mass is 10.1. The van der Waals surface area contributed by atoms with Crippen molar-refractivity contribution >= 4 is 11.7 Å². The molecule has 1 aliphatic heterocycles. The summed E-state index contributed by atoms with van der Waals surface area (Å²) in [4.78, 5) is 19.3. The average molecular weight is 469 g/mol. The number of amides is 2. The normalized spacial score (nSPS) is 15.4. The molecule has 1 unspecified atom stereocenters. The third kappa shape index (κ3) is 7.60. The van der Waals surface area contributed by atoms with Crippen molar-refractivity contribution in [1.29, 1.82) is 0 Å². The molecule has 2 N–H and O–H groups in total. The van der Waals surface area contributed by atoms with Crippen molar-refractivity contribution in [1.82, 2.24) is 15.2 Å². The summed E-state index contributed by atoms with van der Waals surface area (Å²) in [6, 6.07) is 16.8. The lowest BCUT2D eigenvalue weighted by Gasteiger charge is -2.17. The largest absolute Gasteiger partial charge is 0.383 e. The van der Waals surface area contributed by atoms with E-state index in [9.17, 15) is 13.6 Å². The molecule has 3 aromatic rings. The molecule has 1 atom stereocenters. The van der Waals surface area contributed by atoms with Gasteiger partial charge in [0.1, 0.15) is 0 Å². The Morgan fingerprint density at radius 3 is 2.44 bits per heavy atom. The molecular formula is C26H30F2N4O2. The Balaban J connectivity index is 0.000000343.